The Morgan fingerprint density at radius 2 is 2.05 bits per heavy atom. The molecule has 0 bridgehead atoms. The van der Waals surface area contributed by atoms with E-state index in [1.807, 2.05) is 12.1 Å². The molecule has 1 fully saturated rings. The lowest BCUT2D eigenvalue weighted by atomic mass is 10.1. The van der Waals surface area contributed by atoms with Gasteiger partial charge in [0.1, 0.15) is 0 Å². The summed E-state index contributed by atoms with van der Waals surface area (Å²) in [6, 6.07) is 6.31. The van der Waals surface area contributed by atoms with E-state index in [2.05, 4.69) is 18.7 Å². The Morgan fingerprint density at radius 3 is 2.63 bits per heavy atom. The molecule has 1 aliphatic rings. The number of carbonyl (C=O) groups is 1. The lowest BCUT2D eigenvalue weighted by molar-refractivity contribution is 0.112. The summed E-state index contributed by atoms with van der Waals surface area (Å²) in [5.74, 6) is 0.569. The van der Waals surface area contributed by atoms with Crippen LogP contribution in [0.1, 0.15) is 49.9 Å². The molecule has 0 amide bonds. The molecule has 2 nitrogen and oxygen atoms in total. The first-order chi connectivity index (χ1) is 9.13. The molecule has 0 atom stereocenters. The van der Waals surface area contributed by atoms with Crippen LogP contribution in [0.2, 0.25) is 5.02 Å². The normalized spacial score (nSPS) is 16.0. The van der Waals surface area contributed by atoms with Gasteiger partial charge in [-0.2, -0.15) is 0 Å². The molecule has 0 unspecified atom stereocenters. The zero-order chi connectivity index (χ0) is 13.8. The largest absolute Gasteiger partial charge is 0.368 e. The van der Waals surface area contributed by atoms with E-state index in [4.69, 9.17) is 11.6 Å². The van der Waals surface area contributed by atoms with Gasteiger partial charge < -0.3 is 4.90 Å². The molecule has 19 heavy (non-hydrogen) atoms. The first-order valence-corrected chi connectivity index (χ1v) is 7.51. The van der Waals surface area contributed by atoms with Crippen LogP contribution in [-0.2, 0) is 0 Å². The maximum atomic E-state index is 11.3. The third-order valence-electron chi connectivity index (χ3n) is 3.78. The highest BCUT2D eigenvalue weighted by atomic mass is 35.5. The smallest absolute Gasteiger partial charge is 0.153 e. The summed E-state index contributed by atoms with van der Waals surface area (Å²) in [4.78, 5) is 13.7. The second kappa shape index (κ2) is 6.42. The Morgan fingerprint density at radius 1 is 1.37 bits per heavy atom. The Kier molecular flexibility index (Phi) is 4.87. The summed E-state index contributed by atoms with van der Waals surface area (Å²) < 4.78 is 0. The molecule has 1 aromatic carbocycles. The summed E-state index contributed by atoms with van der Waals surface area (Å²) in [5.41, 5.74) is 1.64. The zero-order valence-electron chi connectivity index (χ0n) is 11.7. The van der Waals surface area contributed by atoms with Gasteiger partial charge >= 0.3 is 0 Å². The highest BCUT2D eigenvalue weighted by Crippen LogP contribution is 2.33. The lowest BCUT2D eigenvalue weighted by Crippen LogP contribution is -2.37. The molecule has 1 saturated carbocycles. The molecule has 2 rings (SSSR count). The first kappa shape index (κ1) is 14.4. The predicted octanol–water partition coefficient (Wildman–Crippen LogP) is 4.56. The number of halogens is 1. The molecule has 0 radical (unpaired) electrons. The van der Waals surface area contributed by atoms with Gasteiger partial charge in [0.25, 0.3) is 0 Å². The van der Waals surface area contributed by atoms with Gasteiger partial charge in [-0.05, 0) is 30.9 Å². The van der Waals surface area contributed by atoms with Gasteiger partial charge in [-0.3, -0.25) is 4.79 Å². The van der Waals surface area contributed by atoms with Gasteiger partial charge in [-0.15, -0.1) is 0 Å². The van der Waals surface area contributed by atoms with Crippen molar-refractivity contribution in [3.63, 3.8) is 0 Å². The van der Waals surface area contributed by atoms with Gasteiger partial charge in [0.15, 0.2) is 6.29 Å². The van der Waals surface area contributed by atoms with Crippen molar-refractivity contribution in [1.82, 2.24) is 0 Å². The molecule has 104 valence electrons. The van der Waals surface area contributed by atoms with E-state index in [1.54, 1.807) is 6.07 Å². The predicted molar refractivity (Wildman–Crippen MR) is 81.3 cm³/mol. The quantitative estimate of drug-likeness (QED) is 0.737. The molecule has 0 aliphatic heterocycles. The molecule has 0 spiro atoms. The van der Waals surface area contributed by atoms with Gasteiger partial charge in [-0.1, -0.05) is 44.4 Å². The molecular formula is C16H22ClNO. The minimum atomic E-state index is 0.555. The SMILES string of the molecule is CC(C)CN(c1cccc(Cl)c1C=O)C1CCCC1. The Balaban J connectivity index is 2.36. The van der Waals surface area contributed by atoms with Crippen molar-refractivity contribution < 1.29 is 4.79 Å². The highest BCUT2D eigenvalue weighted by molar-refractivity contribution is 6.33. The van der Waals surface area contributed by atoms with Crippen LogP contribution in [-0.4, -0.2) is 18.9 Å². The molecule has 0 aromatic heterocycles. The van der Waals surface area contributed by atoms with Crippen molar-refractivity contribution >= 4 is 23.6 Å². The summed E-state index contributed by atoms with van der Waals surface area (Å²) in [6.07, 6.45) is 5.90. The van der Waals surface area contributed by atoms with Crippen LogP contribution in [0.15, 0.2) is 18.2 Å². The molecule has 1 aromatic rings. The molecule has 0 saturated heterocycles. The third-order valence-corrected chi connectivity index (χ3v) is 4.11. The van der Waals surface area contributed by atoms with E-state index < -0.39 is 0 Å². The number of anilines is 1. The van der Waals surface area contributed by atoms with Crippen molar-refractivity contribution in [3.8, 4) is 0 Å². The molecule has 3 heteroatoms. The number of hydrogen-bond donors (Lipinski definition) is 0. The van der Waals surface area contributed by atoms with E-state index in [9.17, 15) is 4.79 Å². The highest BCUT2D eigenvalue weighted by Gasteiger charge is 2.25. The van der Waals surface area contributed by atoms with Crippen molar-refractivity contribution in [1.29, 1.82) is 0 Å². The topological polar surface area (TPSA) is 20.3 Å². The zero-order valence-corrected chi connectivity index (χ0v) is 12.5. The van der Waals surface area contributed by atoms with Gasteiger partial charge in [0.2, 0.25) is 0 Å². The van der Waals surface area contributed by atoms with Crippen molar-refractivity contribution in [2.45, 2.75) is 45.6 Å². The monoisotopic (exact) mass is 279 g/mol. The van der Waals surface area contributed by atoms with Crippen LogP contribution in [0.3, 0.4) is 0 Å². The van der Waals surface area contributed by atoms with Crippen LogP contribution in [0.4, 0.5) is 5.69 Å². The van der Waals surface area contributed by atoms with E-state index in [1.165, 1.54) is 25.7 Å². The fraction of sp³-hybridized carbons (Fsp3) is 0.562. The summed E-state index contributed by atoms with van der Waals surface area (Å²) in [5, 5.41) is 0.555. The second-order valence-electron chi connectivity index (χ2n) is 5.77. The van der Waals surface area contributed by atoms with E-state index in [0.717, 1.165) is 18.5 Å². The Bertz CT molecular complexity index is 438. The fourth-order valence-corrected chi connectivity index (χ4v) is 3.16. The van der Waals surface area contributed by atoms with Gasteiger partial charge in [-0.25, -0.2) is 0 Å². The van der Waals surface area contributed by atoms with Crippen LogP contribution >= 0.6 is 11.6 Å². The van der Waals surface area contributed by atoms with Crippen molar-refractivity contribution in [3.05, 3.63) is 28.8 Å². The van der Waals surface area contributed by atoms with Crippen LogP contribution in [0.5, 0.6) is 0 Å². The van der Waals surface area contributed by atoms with E-state index in [-0.39, 0.29) is 0 Å². The lowest BCUT2D eigenvalue weighted by Gasteiger charge is -2.34. The summed E-state index contributed by atoms with van der Waals surface area (Å²) in [6.45, 7) is 5.41. The molecule has 1 aliphatic carbocycles. The molecule has 0 heterocycles. The Hall–Kier alpha value is -1.02. The summed E-state index contributed by atoms with van der Waals surface area (Å²) >= 11 is 6.16. The van der Waals surface area contributed by atoms with Gasteiger partial charge in [0.05, 0.1) is 10.6 Å². The minimum Gasteiger partial charge on any atom is -0.368 e. The van der Waals surface area contributed by atoms with Crippen LogP contribution in [0.25, 0.3) is 0 Å². The van der Waals surface area contributed by atoms with E-state index >= 15 is 0 Å². The van der Waals surface area contributed by atoms with Crippen molar-refractivity contribution in [2.75, 3.05) is 11.4 Å². The number of aldehydes is 1. The number of rotatable bonds is 5. The molecule has 0 N–H and O–H groups in total. The number of nitrogens with zero attached hydrogens (tertiary/aromatic N) is 1. The maximum Gasteiger partial charge on any atom is 0.153 e. The second-order valence-corrected chi connectivity index (χ2v) is 6.18. The maximum absolute atomic E-state index is 11.3. The summed E-state index contributed by atoms with van der Waals surface area (Å²) in [7, 11) is 0. The van der Waals surface area contributed by atoms with Crippen molar-refractivity contribution in [2.24, 2.45) is 5.92 Å². The average Bonchev–Trinajstić information content (AvgIpc) is 2.89. The van der Waals surface area contributed by atoms with E-state index in [0.29, 0.717) is 22.5 Å². The minimum absolute atomic E-state index is 0.555. The first-order valence-electron chi connectivity index (χ1n) is 7.13. The number of hydrogen-bond acceptors (Lipinski definition) is 2. The number of benzene rings is 1. The van der Waals surface area contributed by atoms with Crippen LogP contribution in [0, 0.1) is 5.92 Å². The Labute approximate surface area is 120 Å². The van der Waals surface area contributed by atoms with Crippen LogP contribution < -0.4 is 4.90 Å². The average molecular weight is 280 g/mol. The van der Waals surface area contributed by atoms with Gasteiger partial charge in [0, 0.05) is 18.3 Å². The third kappa shape index (κ3) is 3.30. The molecular weight excluding hydrogens is 258 g/mol. The fourth-order valence-electron chi connectivity index (χ4n) is 2.95. The number of carbonyl (C=O) groups excluding carboxylic acids is 1. The standard InChI is InChI=1S/C16H22ClNO/c1-12(2)10-18(13-6-3-4-7-13)16-9-5-8-15(17)14(16)11-19/h5,8-9,11-13H,3-4,6-7,10H2,1-2H3.